The second-order valence-corrected chi connectivity index (χ2v) is 4.79. The van der Waals surface area contributed by atoms with E-state index < -0.39 is 0 Å². The van der Waals surface area contributed by atoms with Crippen molar-refractivity contribution in [3.05, 3.63) is 35.9 Å². The van der Waals surface area contributed by atoms with Gasteiger partial charge in [0.25, 0.3) is 0 Å². The molecule has 0 bridgehead atoms. The molecule has 0 aliphatic heterocycles. The van der Waals surface area contributed by atoms with E-state index in [1.807, 2.05) is 18.2 Å². The molecule has 4 heteroatoms. The standard InChI is InChI=1S/C17H26O4/c1-2-3-4-8-11-19-12-13-20-14-15-21-17(18)16-9-6-5-7-10-16/h5-7,9-10H,2-4,8,11-15H2,1H3. The van der Waals surface area contributed by atoms with E-state index >= 15 is 0 Å². The Kier molecular flexibility index (Phi) is 10.4. The largest absolute Gasteiger partial charge is 0.460 e. The van der Waals surface area contributed by atoms with Crippen LogP contribution in [0.1, 0.15) is 43.0 Å². The van der Waals surface area contributed by atoms with Crippen molar-refractivity contribution in [3.8, 4) is 0 Å². The minimum Gasteiger partial charge on any atom is -0.460 e. The lowest BCUT2D eigenvalue weighted by Crippen LogP contribution is -2.13. The topological polar surface area (TPSA) is 44.8 Å². The highest BCUT2D eigenvalue weighted by atomic mass is 16.6. The third-order valence-corrected chi connectivity index (χ3v) is 2.98. The van der Waals surface area contributed by atoms with Gasteiger partial charge in [0.15, 0.2) is 0 Å². The maximum absolute atomic E-state index is 11.6. The third kappa shape index (κ3) is 9.21. The van der Waals surface area contributed by atoms with Gasteiger partial charge in [-0.2, -0.15) is 0 Å². The molecule has 0 aliphatic rings. The first kappa shape index (κ1) is 17.7. The summed E-state index contributed by atoms with van der Waals surface area (Å²) < 4.78 is 15.9. The fraction of sp³-hybridized carbons (Fsp3) is 0.588. The van der Waals surface area contributed by atoms with Gasteiger partial charge >= 0.3 is 5.97 Å². The molecule has 1 rings (SSSR count). The van der Waals surface area contributed by atoms with Crippen molar-refractivity contribution in [1.29, 1.82) is 0 Å². The van der Waals surface area contributed by atoms with Gasteiger partial charge in [0.2, 0.25) is 0 Å². The van der Waals surface area contributed by atoms with Crippen LogP contribution in [0, 0.1) is 0 Å². The number of unbranched alkanes of at least 4 members (excludes halogenated alkanes) is 3. The minimum absolute atomic E-state index is 0.268. The highest BCUT2D eigenvalue weighted by Gasteiger charge is 2.04. The average molecular weight is 294 g/mol. The molecule has 1 aromatic carbocycles. The van der Waals surface area contributed by atoms with E-state index in [1.165, 1.54) is 19.3 Å². The first-order valence-electron chi connectivity index (χ1n) is 7.72. The molecule has 0 N–H and O–H groups in total. The lowest BCUT2D eigenvalue weighted by atomic mass is 10.2. The van der Waals surface area contributed by atoms with Crippen molar-refractivity contribution in [1.82, 2.24) is 0 Å². The zero-order valence-electron chi connectivity index (χ0n) is 12.9. The number of esters is 1. The van der Waals surface area contributed by atoms with Crippen LogP contribution in [0.2, 0.25) is 0 Å². The molecule has 0 heterocycles. The van der Waals surface area contributed by atoms with Crippen molar-refractivity contribution < 1.29 is 19.0 Å². The summed E-state index contributed by atoms with van der Waals surface area (Å²) in [5.74, 6) is -0.314. The minimum atomic E-state index is -0.314. The first-order chi connectivity index (χ1) is 10.3. The van der Waals surface area contributed by atoms with Crippen molar-refractivity contribution in [2.75, 3.05) is 33.0 Å². The molecule has 0 atom stereocenters. The quantitative estimate of drug-likeness (QED) is 0.437. The lowest BCUT2D eigenvalue weighted by Gasteiger charge is -2.07. The van der Waals surface area contributed by atoms with Crippen LogP contribution in [0.3, 0.4) is 0 Å². The first-order valence-corrected chi connectivity index (χ1v) is 7.72. The van der Waals surface area contributed by atoms with Crippen LogP contribution in [-0.2, 0) is 14.2 Å². The summed E-state index contributed by atoms with van der Waals surface area (Å²) in [5, 5.41) is 0. The Morgan fingerprint density at radius 2 is 1.52 bits per heavy atom. The summed E-state index contributed by atoms with van der Waals surface area (Å²) in [6.45, 7) is 4.79. The molecule has 0 saturated carbocycles. The van der Waals surface area contributed by atoms with Gasteiger partial charge in [-0.05, 0) is 18.6 Å². The number of carbonyl (C=O) groups is 1. The normalized spacial score (nSPS) is 10.5. The molecule has 118 valence electrons. The molecule has 0 amide bonds. The third-order valence-electron chi connectivity index (χ3n) is 2.98. The van der Waals surface area contributed by atoms with Gasteiger partial charge in [0, 0.05) is 6.61 Å². The van der Waals surface area contributed by atoms with E-state index in [0.717, 1.165) is 13.0 Å². The number of carbonyl (C=O) groups excluding carboxylic acids is 1. The lowest BCUT2D eigenvalue weighted by molar-refractivity contribution is 0.0142. The fourth-order valence-corrected chi connectivity index (χ4v) is 1.80. The van der Waals surface area contributed by atoms with Gasteiger partial charge in [0.05, 0.1) is 25.4 Å². The van der Waals surface area contributed by atoms with E-state index in [-0.39, 0.29) is 12.6 Å². The summed E-state index contributed by atoms with van der Waals surface area (Å²) in [7, 11) is 0. The van der Waals surface area contributed by atoms with Crippen LogP contribution in [0.15, 0.2) is 30.3 Å². The van der Waals surface area contributed by atoms with E-state index in [2.05, 4.69) is 6.92 Å². The number of hydrogen-bond donors (Lipinski definition) is 0. The fourth-order valence-electron chi connectivity index (χ4n) is 1.80. The summed E-state index contributed by atoms with van der Waals surface area (Å²) in [6, 6.07) is 8.95. The molecule has 0 radical (unpaired) electrons. The highest BCUT2D eigenvalue weighted by molar-refractivity contribution is 5.89. The summed E-state index contributed by atoms with van der Waals surface area (Å²) in [6.07, 6.45) is 4.85. The van der Waals surface area contributed by atoms with E-state index in [0.29, 0.717) is 25.4 Å². The van der Waals surface area contributed by atoms with Crippen molar-refractivity contribution >= 4 is 5.97 Å². The molecule has 0 saturated heterocycles. The van der Waals surface area contributed by atoms with Crippen molar-refractivity contribution in [2.24, 2.45) is 0 Å². The number of benzene rings is 1. The zero-order valence-corrected chi connectivity index (χ0v) is 12.9. The van der Waals surface area contributed by atoms with Gasteiger partial charge < -0.3 is 14.2 Å². The van der Waals surface area contributed by atoms with Crippen LogP contribution in [0.4, 0.5) is 0 Å². The Morgan fingerprint density at radius 3 is 2.24 bits per heavy atom. The van der Waals surface area contributed by atoms with Gasteiger partial charge in [-0.15, -0.1) is 0 Å². The van der Waals surface area contributed by atoms with Gasteiger partial charge in [-0.25, -0.2) is 4.79 Å². The van der Waals surface area contributed by atoms with Crippen LogP contribution in [0.5, 0.6) is 0 Å². The molecule has 21 heavy (non-hydrogen) atoms. The summed E-state index contributed by atoms with van der Waals surface area (Å²) in [4.78, 5) is 11.6. The summed E-state index contributed by atoms with van der Waals surface area (Å²) >= 11 is 0. The van der Waals surface area contributed by atoms with E-state index in [4.69, 9.17) is 14.2 Å². The Labute approximate surface area is 127 Å². The van der Waals surface area contributed by atoms with Crippen LogP contribution >= 0.6 is 0 Å². The van der Waals surface area contributed by atoms with Crippen LogP contribution in [0.25, 0.3) is 0 Å². The smallest absolute Gasteiger partial charge is 0.338 e. The highest BCUT2D eigenvalue weighted by Crippen LogP contribution is 2.01. The zero-order chi connectivity index (χ0) is 15.2. The molecule has 0 aliphatic carbocycles. The van der Waals surface area contributed by atoms with Crippen molar-refractivity contribution in [3.63, 3.8) is 0 Å². The molecule has 4 nitrogen and oxygen atoms in total. The molecule has 0 unspecified atom stereocenters. The Balaban J connectivity index is 1.88. The second kappa shape index (κ2) is 12.4. The van der Waals surface area contributed by atoms with Gasteiger partial charge in [-0.1, -0.05) is 44.4 Å². The number of hydrogen-bond acceptors (Lipinski definition) is 4. The number of ether oxygens (including phenoxy) is 3. The van der Waals surface area contributed by atoms with Gasteiger partial charge in [0.1, 0.15) is 6.61 Å². The molecular formula is C17H26O4. The number of rotatable bonds is 12. The van der Waals surface area contributed by atoms with Crippen LogP contribution < -0.4 is 0 Å². The Hall–Kier alpha value is -1.39. The molecule has 1 aromatic rings. The molecule has 0 fully saturated rings. The predicted molar refractivity (Wildman–Crippen MR) is 82.5 cm³/mol. The van der Waals surface area contributed by atoms with Crippen LogP contribution in [-0.4, -0.2) is 39.0 Å². The van der Waals surface area contributed by atoms with E-state index in [1.54, 1.807) is 12.1 Å². The predicted octanol–water partition coefficient (Wildman–Crippen LogP) is 3.46. The Morgan fingerprint density at radius 1 is 0.857 bits per heavy atom. The van der Waals surface area contributed by atoms with E-state index in [9.17, 15) is 4.79 Å². The maximum Gasteiger partial charge on any atom is 0.338 e. The molecule has 0 aromatic heterocycles. The average Bonchev–Trinajstić information content (AvgIpc) is 2.53. The second-order valence-electron chi connectivity index (χ2n) is 4.79. The Bertz CT molecular complexity index is 364. The SMILES string of the molecule is CCCCCCOCCOCCOC(=O)c1ccccc1. The maximum atomic E-state index is 11.6. The summed E-state index contributed by atoms with van der Waals surface area (Å²) in [5.41, 5.74) is 0.563. The molecular weight excluding hydrogens is 268 g/mol. The van der Waals surface area contributed by atoms with Crippen molar-refractivity contribution in [2.45, 2.75) is 32.6 Å². The molecule has 0 spiro atoms. The monoisotopic (exact) mass is 294 g/mol. The van der Waals surface area contributed by atoms with Gasteiger partial charge in [-0.3, -0.25) is 0 Å².